The number of fused-ring (bicyclic) bond motifs is 1. The maximum absolute atomic E-state index is 13.4. The van der Waals surface area contributed by atoms with Gasteiger partial charge >= 0.3 is 6.09 Å². The van der Waals surface area contributed by atoms with E-state index in [9.17, 15) is 9.59 Å². The van der Waals surface area contributed by atoms with E-state index in [0.29, 0.717) is 13.0 Å². The van der Waals surface area contributed by atoms with Crippen molar-refractivity contribution in [3.05, 3.63) is 36.0 Å². The fraction of sp³-hybridized carbons (Fsp3) is 0.565. The normalized spacial score (nSPS) is 16.7. The van der Waals surface area contributed by atoms with Crippen molar-refractivity contribution in [3.63, 3.8) is 0 Å². The van der Waals surface area contributed by atoms with E-state index in [1.807, 2.05) is 55.8 Å². The molecule has 0 radical (unpaired) electrons. The Morgan fingerprint density at radius 1 is 1.14 bits per heavy atom. The van der Waals surface area contributed by atoms with Gasteiger partial charge in [0.15, 0.2) is 0 Å². The fourth-order valence-electron chi connectivity index (χ4n) is 4.07. The lowest BCUT2D eigenvalue weighted by Gasteiger charge is -2.32. The quantitative estimate of drug-likeness (QED) is 0.776. The van der Waals surface area contributed by atoms with Crippen LogP contribution in [0.1, 0.15) is 70.2 Å². The Balaban J connectivity index is 1.77. The minimum Gasteiger partial charge on any atom is -0.444 e. The average molecular weight is 385 g/mol. The Labute approximate surface area is 167 Å². The number of para-hydroxylation sites is 1. The van der Waals surface area contributed by atoms with E-state index < -0.39 is 11.7 Å². The van der Waals surface area contributed by atoms with Gasteiger partial charge in [0.05, 0.1) is 5.52 Å². The molecule has 1 aromatic carbocycles. The van der Waals surface area contributed by atoms with Gasteiger partial charge in [-0.2, -0.15) is 0 Å². The number of carbonyl (C=O) groups is 2. The largest absolute Gasteiger partial charge is 0.444 e. The topological polar surface area (TPSA) is 60.3 Å². The molecule has 5 nitrogen and oxygen atoms in total. The standard InChI is InChI=1S/C23H32N2O3/c1-22(2,3)28-21(27)24-15-12-17-16-25(19-11-7-6-10-18(17)19)20(26)23(4)13-8-5-9-14-23/h6-7,10-11,16H,5,8-9,12-15H2,1-4H3,(H,24,27). The summed E-state index contributed by atoms with van der Waals surface area (Å²) in [6, 6.07) is 8.01. The van der Waals surface area contributed by atoms with Crippen LogP contribution in [0.25, 0.3) is 10.9 Å². The highest BCUT2D eigenvalue weighted by Gasteiger charge is 2.36. The number of hydrogen-bond acceptors (Lipinski definition) is 3. The SMILES string of the molecule is CC(C)(C)OC(=O)NCCc1cn(C(=O)C2(C)CCCCC2)c2ccccc12. The molecular weight excluding hydrogens is 352 g/mol. The predicted molar refractivity (Wildman–Crippen MR) is 112 cm³/mol. The van der Waals surface area contributed by atoms with Crippen LogP contribution in [0.4, 0.5) is 4.79 Å². The first kappa shape index (κ1) is 20.4. The molecular formula is C23H32N2O3. The fourth-order valence-corrected chi connectivity index (χ4v) is 4.07. The van der Waals surface area contributed by atoms with Gasteiger partial charge in [-0.3, -0.25) is 9.36 Å². The van der Waals surface area contributed by atoms with E-state index in [4.69, 9.17) is 4.74 Å². The summed E-state index contributed by atoms with van der Waals surface area (Å²) in [6.07, 6.45) is 7.56. The molecule has 2 aromatic rings. The van der Waals surface area contributed by atoms with Crippen LogP contribution in [-0.2, 0) is 11.2 Å². The second-order valence-electron chi connectivity index (χ2n) is 9.15. The molecule has 1 N–H and O–H groups in total. The average Bonchev–Trinajstić information content (AvgIpc) is 2.99. The first-order chi connectivity index (χ1) is 13.2. The molecule has 1 amide bonds. The molecule has 5 heteroatoms. The van der Waals surface area contributed by atoms with E-state index in [1.54, 1.807) is 0 Å². The molecule has 28 heavy (non-hydrogen) atoms. The van der Waals surface area contributed by atoms with Crippen molar-refractivity contribution in [1.82, 2.24) is 9.88 Å². The number of aromatic nitrogens is 1. The molecule has 0 unspecified atom stereocenters. The van der Waals surface area contributed by atoms with Crippen LogP contribution >= 0.6 is 0 Å². The van der Waals surface area contributed by atoms with Gasteiger partial charge < -0.3 is 10.1 Å². The summed E-state index contributed by atoms with van der Waals surface area (Å²) in [7, 11) is 0. The summed E-state index contributed by atoms with van der Waals surface area (Å²) in [5.74, 6) is 0.190. The molecule has 152 valence electrons. The van der Waals surface area contributed by atoms with Crippen LogP contribution in [0.5, 0.6) is 0 Å². The molecule has 1 fully saturated rings. The van der Waals surface area contributed by atoms with Crippen LogP contribution in [-0.4, -0.2) is 28.7 Å². The van der Waals surface area contributed by atoms with Crippen molar-refractivity contribution < 1.29 is 14.3 Å². The van der Waals surface area contributed by atoms with Gasteiger partial charge in [-0.1, -0.05) is 44.4 Å². The second-order valence-corrected chi connectivity index (χ2v) is 9.15. The van der Waals surface area contributed by atoms with Crippen LogP contribution < -0.4 is 5.32 Å². The van der Waals surface area contributed by atoms with Gasteiger partial charge in [-0.05, 0) is 51.7 Å². The number of amides is 1. The van der Waals surface area contributed by atoms with Gasteiger partial charge in [0.25, 0.3) is 0 Å². The first-order valence-corrected chi connectivity index (χ1v) is 10.3. The Hall–Kier alpha value is -2.30. The third kappa shape index (κ3) is 4.57. The van der Waals surface area contributed by atoms with Crippen LogP contribution in [0.3, 0.4) is 0 Å². The van der Waals surface area contributed by atoms with Crippen molar-refractivity contribution >= 4 is 22.9 Å². The second kappa shape index (κ2) is 7.98. The summed E-state index contributed by atoms with van der Waals surface area (Å²) in [6.45, 7) is 8.11. The predicted octanol–water partition coefficient (Wildman–Crippen LogP) is 5.32. The highest BCUT2D eigenvalue weighted by Crippen LogP contribution is 2.38. The number of carbonyl (C=O) groups excluding carboxylic acids is 2. The molecule has 1 aliphatic carbocycles. The number of ether oxygens (including phenoxy) is 1. The van der Waals surface area contributed by atoms with Gasteiger partial charge in [0.1, 0.15) is 5.60 Å². The zero-order valence-corrected chi connectivity index (χ0v) is 17.5. The molecule has 1 aromatic heterocycles. The van der Waals surface area contributed by atoms with E-state index in [0.717, 1.165) is 42.1 Å². The lowest BCUT2D eigenvalue weighted by Crippen LogP contribution is -2.34. The smallest absolute Gasteiger partial charge is 0.407 e. The zero-order valence-electron chi connectivity index (χ0n) is 17.5. The van der Waals surface area contributed by atoms with E-state index in [-0.39, 0.29) is 11.3 Å². The monoisotopic (exact) mass is 384 g/mol. The van der Waals surface area contributed by atoms with E-state index >= 15 is 0 Å². The maximum atomic E-state index is 13.4. The van der Waals surface area contributed by atoms with Gasteiger partial charge in [-0.25, -0.2) is 4.79 Å². The minimum absolute atomic E-state index is 0.190. The van der Waals surface area contributed by atoms with E-state index in [1.165, 1.54) is 6.42 Å². The molecule has 1 heterocycles. The number of nitrogens with zero attached hydrogens (tertiary/aromatic N) is 1. The maximum Gasteiger partial charge on any atom is 0.407 e. The molecule has 3 rings (SSSR count). The Morgan fingerprint density at radius 2 is 1.82 bits per heavy atom. The molecule has 0 bridgehead atoms. The number of hydrogen-bond donors (Lipinski definition) is 1. The van der Waals surface area contributed by atoms with Gasteiger partial charge in [0, 0.05) is 23.5 Å². The van der Waals surface area contributed by atoms with Crippen molar-refractivity contribution in [2.45, 2.75) is 71.8 Å². The van der Waals surface area contributed by atoms with Gasteiger partial charge in [-0.15, -0.1) is 0 Å². The van der Waals surface area contributed by atoms with Crippen molar-refractivity contribution in [1.29, 1.82) is 0 Å². The lowest BCUT2D eigenvalue weighted by atomic mass is 9.75. The summed E-state index contributed by atoms with van der Waals surface area (Å²) in [5.41, 5.74) is 1.22. The Kier molecular flexibility index (Phi) is 5.82. The zero-order chi connectivity index (χ0) is 20.4. The van der Waals surface area contributed by atoms with Crippen molar-refractivity contribution in [2.75, 3.05) is 6.54 Å². The lowest BCUT2D eigenvalue weighted by molar-refractivity contribution is 0.0528. The van der Waals surface area contributed by atoms with Crippen molar-refractivity contribution in [3.8, 4) is 0 Å². The van der Waals surface area contributed by atoms with Crippen LogP contribution in [0.15, 0.2) is 30.5 Å². The Bertz CT molecular complexity index is 854. The molecule has 1 saturated carbocycles. The molecule has 0 spiro atoms. The number of nitrogens with one attached hydrogen (secondary N) is 1. The Morgan fingerprint density at radius 3 is 2.50 bits per heavy atom. The number of benzene rings is 1. The third-order valence-electron chi connectivity index (χ3n) is 5.55. The summed E-state index contributed by atoms with van der Waals surface area (Å²) in [4.78, 5) is 25.2. The number of rotatable bonds is 4. The van der Waals surface area contributed by atoms with Crippen molar-refractivity contribution in [2.24, 2.45) is 5.41 Å². The van der Waals surface area contributed by atoms with E-state index in [2.05, 4.69) is 12.2 Å². The summed E-state index contributed by atoms with van der Waals surface area (Å²) in [5, 5.41) is 3.88. The van der Waals surface area contributed by atoms with Gasteiger partial charge in [0.2, 0.25) is 5.91 Å². The molecule has 1 aliphatic rings. The molecule has 0 aliphatic heterocycles. The van der Waals surface area contributed by atoms with Crippen LogP contribution in [0, 0.1) is 5.41 Å². The number of alkyl carbamates (subject to hydrolysis) is 1. The third-order valence-corrected chi connectivity index (χ3v) is 5.55. The molecule has 0 saturated heterocycles. The minimum atomic E-state index is -0.512. The first-order valence-electron chi connectivity index (χ1n) is 10.3. The highest BCUT2D eigenvalue weighted by atomic mass is 16.6. The summed E-state index contributed by atoms with van der Waals surface area (Å²) < 4.78 is 7.13. The summed E-state index contributed by atoms with van der Waals surface area (Å²) >= 11 is 0. The highest BCUT2D eigenvalue weighted by molar-refractivity contribution is 5.96. The molecule has 0 atom stereocenters. The van der Waals surface area contributed by atoms with Crippen LogP contribution in [0.2, 0.25) is 0 Å².